The van der Waals surface area contributed by atoms with Crippen molar-refractivity contribution in [3.8, 4) is 0 Å². The molecule has 0 aliphatic carbocycles. The quantitative estimate of drug-likeness (QED) is 0.860. The molecular formula is C18H25N3O4S. The van der Waals surface area contributed by atoms with Gasteiger partial charge >= 0.3 is 0 Å². The molecule has 1 aliphatic rings. The third-order valence-corrected chi connectivity index (χ3v) is 6.37. The van der Waals surface area contributed by atoms with Crippen molar-refractivity contribution in [3.05, 3.63) is 41.3 Å². The molecule has 3 rings (SSSR count). The van der Waals surface area contributed by atoms with E-state index in [2.05, 4.69) is 10.5 Å². The van der Waals surface area contributed by atoms with E-state index in [0.29, 0.717) is 24.5 Å². The van der Waals surface area contributed by atoms with E-state index in [0.717, 1.165) is 22.7 Å². The zero-order valence-corrected chi connectivity index (χ0v) is 16.3. The van der Waals surface area contributed by atoms with E-state index in [4.69, 9.17) is 9.26 Å². The van der Waals surface area contributed by atoms with E-state index < -0.39 is 10.0 Å². The number of aromatic nitrogens is 1. The Bertz CT molecular complexity index is 832. The first-order chi connectivity index (χ1) is 12.3. The highest BCUT2D eigenvalue weighted by atomic mass is 32.2. The molecule has 2 unspecified atom stereocenters. The van der Waals surface area contributed by atoms with Crippen LogP contribution >= 0.6 is 0 Å². The van der Waals surface area contributed by atoms with Gasteiger partial charge in [-0.25, -0.2) is 8.42 Å². The average molecular weight is 379 g/mol. The number of ether oxygens (including phenoxy) is 1. The van der Waals surface area contributed by atoms with Crippen molar-refractivity contribution in [2.45, 2.75) is 51.3 Å². The number of nitrogens with zero attached hydrogens (tertiary/aromatic N) is 2. The zero-order chi connectivity index (χ0) is 18.9. The Morgan fingerprint density at radius 3 is 2.31 bits per heavy atom. The Hall–Kier alpha value is -1.90. The highest BCUT2D eigenvalue weighted by molar-refractivity contribution is 7.89. The average Bonchev–Trinajstić information content (AvgIpc) is 2.91. The number of hydrogen-bond acceptors (Lipinski definition) is 6. The van der Waals surface area contributed by atoms with Crippen LogP contribution in [0.5, 0.6) is 0 Å². The normalized spacial score (nSPS) is 21.7. The Morgan fingerprint density at radius 1 is 1.15 bits per heavy atom. The lowest BCUT2D eigenvalue weighted by atomic mass is 10.2. The van der Waals surface area contributed by atoms with Crippen LogP contribution in [-0.2, 0) is 21.3 Å². The van der Waals surface area contributed by atoms with E-state index in [1.165, 1.54) is 4.31 Å². The van der Waals surface area contributed by atoms with E-state index in [1.54, 1.807) is 24.3 Å². The van der Waals surface area contributed by atoms with Gasteiger partial charge in [0.15, 0.2) is 0 Å². The maximum Gasteiger partial charge on any atom is 0.243 e. The number of benzene rings is 1. The monoisotopic (exact) mass is 379 g/mol. The molecule has 0 spiro atoms. The second-order valence-corrected chi connectivity index (χ2v) is 8.70. The maximum absolute atomic E-state index is 12.9. The van der Waals surface area contributed by atoms with Gasteiger partial charge in [0.1, 0.15) is 5.76 Å². The first-order valence-electron chi connectivity index (χ1n) is 8.68. The third-order valence-electron chi connectivity index (χ3n) is 4.53. The molecule has 0 radical (unpaired) electrons. The van der Waals surface area contributed by atoms with Crippen LogP contribution in [0.25, 0.3) is 0 Å². The van der Waals surface area contributed by atoms with Crippen LogP contribution in [0.2, 0.25) is 0 Å². The Morgan fingerprint density at radius 2 is 1.77 bits per heavy atom. The molecule has 2 heterocycles. The molecule has 1 saturated heterocycles. The molecule has 0 amide bonds. The van der Waals surface area contributed by atoms with Crippen molar-refractivity contribution in [1.82, 2.24) is 9.46 Å². The van der Waals surface area contributed by atoms with E-state index in [-0.39, 0.29) is 12.2 Å². The summed E-state index contributed by atoms with van der Waals surface area (Å²) in [6.45, 7) is 8.87. The van der Waals surface area contributed by atoms with Crippen LogP contribution in [0.15, 0.2) is 33.7 Å². The molecule has 2 aromatic rings. The molecule has 1 aliphatic heterocycles. The number of hydrogen-bond donors (Lipinski definition) is 1. The van der Waals surface area contributed by atoms with Crippen molar-refractivity contribution >= 4 is 15.7 Å². The Balaban J connectivity index is 1.70. The molecule has 1 aromatic carbocycles. The first-order valence-corrected chi connectivity index (χ1v) is 10.1. The maximum atomic E-state index is 12.9. The van der Waals surface area contributed by atoms with Gasteiger partial charge < -0.3 is 14.6 Å². The lowest BCUT2D eigenvalue weighted by Gasteiger charge is -2.34. The van der Waals surface area contributed by atoms with Gasteiger partial charge in [0, 0.05) is 30.9 Å². The topological polar surface area (TPSA) is 84.7 Å². The largest absolute Gasteiger partial charge is 0.381 e. The minimum atomic E-state index is -3.52. The second kappa shape index (κ2) is 7.38. The van der Waals surface area contributed by atoms with Crippen molar-refractivity contribution < 1.29 is 17.7 Å². The number of rotatable bonds is 5. The number of morpholine rings is 1. The fourth-order valence-corrected chi connectivity index (χ4v) is 4.76. The predicted molar refractivity (Wildman–Crippen MR) is 98.5 cm³/mol. The summed E-state index contributed by atoms with van der Waals surface area (Å²) in [5.41, 5.74) is 2.70. The Labute approximate surface area is 154 Å². The molecule has 142 valence electrons. The molecule has 26 heavy (non-hydrogen) atoms. The number of nitrogens with one attached hydrogen (secondary N) is 1. The smallest absolute Gasteiger partial charge is 0.243 e. The molecule has 0 bridgehead atoms. The number of anilines is 1. The summed E-state index contributed by atoms with van der Waals surface area (Å²) in [6, 6.07) is 6.82. The van der Waals surface area contributed by atoms with Gasteiger partial charge in [-0.1, -0.05) is 5.16 Å². The van der Waals surface area contributed by atoms with Gasteiger partial charge in [-0.3, -0.25) is 0 Å². The molecular weight excluding hydrogens is 354 g/mol. The molecule has 1 fully saturated rings. The summed E-state index contributed by atoms with van der Waals surface area (Å²) < 4.78 is 38.0. The molecule has 0 saturated carbocycles. The summed E-state index contributed by atoms with van der Waals surface area (Å²) in [7, 11) is -3.52. The van der Waals surface area contributed by atoms with Gasteiger partial charge in [-0.05, 0) is 52.0 Å². The SMILES string of the molecule is Cc1noc(C)c1CNc1ccc(S(=O)(=O)N2CC(C)OC(C)C2)cc1. The first kappa shape index (κ1) is 18.9. The fraction of sp³-hybridized carbons (Fsp3) is 0.500. The van der Waals surface area contributed by atoms with Crippen LogP contribution in [-0.4, -0.2) is 43.2 Å². The lowest BCUT2D eigenvalue weighted by Crippen LogP contribution is -2.48. The highest BCUT2D eigenvalue weighted by Crippen LogP contribution is 2.23. The molecule has 1 N–H and O–H groups in total. The van der Waals surface area contributed by atoms with Gasteiger partial charge in [0.2, 0.25) is 10.0 Å². The van der Waals surface area contributed by atoms with Crippen LogP contribution in [0.3, 0.4) is 0 Å². The van der Waals surface area contributed by atoms with Crippen LogP contribution in [0, 0.1) is 13.8 Å². The van der Waals surface area contributed by atoms with Crippen molar-refractivity contribution in [2.75, 3.05) is 18.4 Å². The molecule has 8 heteroatoms. The number of sulfonamides is 1. The predicted octanol–water partition coefficient (Wildman–Crippen LogP) is 2.70. The van der Waals surface area contributed by atoms with E-state index in [1.807, 2.05) is 27.7 Å². The van der Waals surface area contributed by atoms with Gasteiger partial charge in [-0.2, -0.15) is 4.31 Å². The third kappa shape index (κ3) is 3.92. The summed E-state index contributed by atoms with van der Waals surface area (Å²) in [6.07, 6.45) is -0.214. The zero-order valence-electron chi connectivity index (χ0n) is 15.5. The fourth-order valence-electron chi connectivity index (χ4n) is 3.17. The summed E-state index contributed by atoms with van der Waals surface area (Å²) in [4.78, 5) is 0.293. The lowest BCUT2D eigenvalue weighted by molar-refractivity contribution is -0.0440. The van der Waals surface area contributed by atoms with Crippen LogP contribution in [0.4, 0.5) is 5.69 Å². The van der Waals surface area contributed by atoms with Gasteiger partial charge in [-0.15, -0.1) is 0 Å². The van der Waals surface area contributed by atoms with Crippen molar-refractivity contribution in [3.63, 3.8) is 0 Å². The Kier molecular flexibility index (Phi) is 5.36. The molecule has 2 atom stereocenters. The van der Waals surface area contributed by atoms with Crippen molar-refractivity contribution in [2.24, 2.45) is 0 Å². The highest BCUT2D eigenvalue weighted by Gasteiger charge is 2.32. The summed E-state index contributed by atoms with van der Waals surface area (Å²) in [5, 5.41) is 7.20. The van der Waals surface area contributed by atoms with Crippen LogP contribution in [0.1, 0.15) is 30.9 Å². The second-order valence-electron chi connectivity index (χ2n) is 6.76. The van der Waals surface area contributed by atoms with Crippen molar-refractivity contribution in [1.29, 1.82) is 0 Å². The molecule has 7 nitrogen and oxygen atoms in total. The van der Waals surface area contributed by atoms with E-state index in [9.17, 15) is 8.42 Å². The van der Waals surface area contributed by atoms with Crippen LogP contribution < -0.4 is 5.32 Å². The van der Waals surface area contributed by atoms with Gasteiger partial charge in [0.05, 0.1) is 22.8 Å². The number of aryl methyl sites for hydroxylation is 2. The summed E-state index contributed by atoms with van der Waals surface area (Å²) in [5.74, 6) is 0.782. The minimum absolute atomic E-state index is 0.107. The summed E-state index contributed by atoms with van der Waals surface area (Å²) >= 11 is 0. The van der Waals surface area contributed by atoms with Gasteiger partial charge in [0.25, 0.3) is 0 Å². The molecule has 1 aromatic heterocycles. The van der Waals surface area contributed by atoms with E-state index >= 15 is 0 Å². The standard InChI is InChI=1S/C18H25N3O4S/c1-12-10-21(11-13(2)24-12)26(22,23)17-7-5-16(6-8-17)19-9-18-14(3)20-25-15(18)4/h5-8,12-13,19H,9-11H2,1-4H3. The minimum Gasteiger partial charge on any atom is -0.381 e.